The predicted molar refractivity (Wildman–Crippen MR) is 152 cm³/mol. The van der Waals surface area contributed by atoms with Gasteiger partial charge >= 0.3 is 5.97 Å². The summed E-state index contributed by atoms with van der Waals surface area (Å²) in [5.41, 5.74) is 0.927. The van der Waals surface area contributed by atoms with Gasteiger partial charge in [0, 0.05) is 5.39 Å². The molecule has 0 N–H and O–H groups in total. The summed E-state index contributed by atoms with van der Waals surface area (Å²) in [7, 11) is 1.54. The van der Waals surface area contributed by atoms with E-state index in [1.807, 2.05) is 42.5 Å². The molecule has 1 saturated heterocycles. The van der Waals surface area contributed by atoms with Gasteiger partial charge < -0.3 is 14.2 Å². The van der Waals surface area contributed by atoms with Gasteiger partial charge in [-0.05, 0) is 71.3 Å². The lowest BCUT2D eigenvalue weighted by atomic mass is 10.1. The lowest BCUT2D eigenvalue weighted by molar-refractivity contribution is -0.123. The van der Waals surface area contributed by atoms with Crippen molar-refractivity contribution < 1.29 is 28.6 Å². The Kier molecular flexibility index (Phi) is 7.86. The van der Waals surface area contributed by atoms with E-state index in [1.54, 1.807) is 42.5 Å². The fourth-order valence-corrected chi connectivity index (χ4v) is 5.08. The number of halogens is 1. The Morgan fingerprint density at radius 3 is 2.49 bits per heavy atom. The first-order valence-corrected chi connectivity index (χ1v) is 13.1. The number of imide groups is 1. The van der Waals surface area contributed by atoms with E-state index in [4.69, 9.17) is 25.8 Å². The highest BCUT2D eigenvalue weighted by molar-refractivity contribution is 8.18. The Balaban J connectivity index is 1.22. The van der Waals surface area contributed by atoms with E-state index in [0.717, 1.165) is 27.4 Å². The second-order valence-electron chi connectivity index (χ2n) is 8.47. The zero-order chi connectivity index (χ0) is 27.4. The molecule has 2 amide bonds. The minimum atomic E-state index is -0.570. The second kappa shape index (κ2) is 11.6. The summed E-state index contributed by atoms with van der Waals surface area (Å²) in [6.07, 6.45) is 1.58. The van der Waals surface area contributed by atoms with Gasteiger partial charge in [-0.15, -0.1) is 0 Å². The summed E-state index contributed by atoms with van der Waals surface area (Å²) in [4.78, 5) is 39.3. The minimum absolute atomic E-state index is 0.117. The summed E-state index contributed by atoms with van der Waals surface area (Å²) in [6.45, 7) is 0.283. The SMILES string of the molecule is COc1ccc(C(=O)Oc2ccc(/C=C3\SC(=O)N(CCOc4cccc5ccccc45)C3=O)cc2Cl)cc1. The van der Waals surface area contributed by atoms with Crippen molar-refractivity contribution in [3.63, 3.8) is 0 Å². The number of methoxy groups -OCH3 is 1. The third-order valence-electron chi connectivity index (χ3n) is 5.98. The summed E-state index contributed by atoms with van der Waals surface area (Å²) >= 11 is 7.19. The Morgan fingerprint density at radius 1 is 0.949 bits per heavy atom. The van der Waals surface area contributed by atoms with Crippen molar-refractivity contribution in [3.8, 4) is 17.2 Å². The Bertz CT molecular complexity index is 1600. The second-order valence-corrected chi connectivity index (χ2v) is 9.87. The quantitative estimate of drug-likeness (QED) is 0.133. The molecule has 0 radical (unpaired) electrons. The van der Waals surface area contributed by atoms with Crippen molar-refractivity contribution in [2.45, 2.75) is 0 Å². The van der Waals surface area contributed by atoms with Crippen LogP contribution in [0.15, 0.2) is 89.8 Å². The van der Waals surface area contributed by atoms with Crippen LogP contribution in [0.1, 0.15) is 15.9 Å². The van der Waals surface area contributed by atoms with Crippen molar-refractivity contribution in [1.29, 1.82) is 0 Å². The van der Waals surface area contributed by atoms with E-state index in [1.165, 1.54) is 13.2 Å². The van der Waals surface area contributed by atoms with Gasteiger partial charge in [0.05, 0.1) is 29.1 Å². The molecular formula is C30H22ClNO6S. The lowest BCUT2D eigenvalue weighted by Crippen LogP contribution is -2.32. The Labute approximate surface area is 233 Å². The van der Waals surface area contributed by atoms with Crippen LogP contribution in [0, 0.1) is 0 Å². The number of thioether (sulfide) groups is 1. The first-order valence-electron chi connectivity index (χ1n) is 11.9. The van der Waals surface area contributed by atoms with Gasteiger partial charge in [0.15, 0.2) is 0 Å². The molecule has 4 aromatic carbocycles. The first kappa shape index (κ1) is 26.3. The molecule has 1 heterocycles. The van der Waals surface area contributed by atoms with Crippen LogP contribution in [0.3, 0.4) is 0 Å². The number of nitrogens with zero attached hydrogens (tertiary/aromatic N) is 1. The zero-order valence-electron chi connectivity index (χ0n) is 20.8. The maximum absolute atomic E-state index is 12.9. The van der Waals surface area contributed by atoms with Gasteiger partial charge in [0.25, 0.3) is 11.1 Å². The molecule has 0 unspecified atom stereocenters. The number of carbonyl (C=O) groups is 3. The smallest absolute Gasteiger partial charge is 0.343 e. The molecule has 9 heteroatoms. The van der Waals surface area contributed by atoms with Gasteiger partial charge in [0.1, 0.15) is 23.9 Å². The molecule has 5 rings (SSSR count). The monoisotopic (exact) mass is 559 g/mol. The molecule has 0 aliphatic carbocycles. The molecule has 0 saturated carbocycles. The van der Waals surface area contributed by atoms with Crippen molar-refractivity contribution in [3.05, 3.63) is 106 Å². The van der Waals surface area contributed by atoms with Gasteiger partial charge in [-0.1, -0.05) is 54.1 Å². The topological polar surface area (TPSA) is 82.1 Å². The fraction of sp³-hybridized carbons (Fsp3) is 0.100. The van der Waals surface area contributed by atoms with Crippen LogP contribution in [0.4, 0.5) is 4.79 Å². The number of benzene rings is 4. The highest BCUT2D eigenvalue weighted by atomic mass is 35.5. The van der Waals surface area contributed by atoms with Gasteiger partial charge in [-0.2, -0.15) is 0 Å². The van der Waals surface area contributed by atoms with Crippen molar-refractivity contribution in [1.82, 2.24) is 4.90 Å². The molecule has 0 spiro atoms. The summed E-state index contributed by atoms with van der Waals surface area (Å²) < 4.78 is 16.4. The third-order valence-corrected chi connectivity index (χ3v) is 7.18. The van der Waals surface area contributed by atoms with E-state index in [-0.39, 0.29) is 34.1 Å². The molecule has 1 aliphatic rings. The largest absolute Gasteiger partial charge is 0.497 e. The highest BCUT2D eigenvalue weighted by Gasteiger charge is 2.34. The Hall–Kier alpha value is -4.27. The molecule has 1 aliphatic heterocycles. The number of ether oxygens (including phenoxy) is 3. The standard InChI is InChI=1S/C30H22ClNO6S/c1-36-22-12-10-21(11-13-22)29(34)38-26-14-9-19(17-24(26)31)18-27-28(33)32(30(35)39-27)15-16-37-25-8-4-6-20-5-2-3-7-23(20)25/h2-14,17-18H,15-16H2,1H3/b27-18-. The van der Waals surface area contributed by atoms with Crippen LogP contribution in [0.25, 0.3) is 16.8 Å². The fourth-order valence-electron chi connectivity index (χ4n) is 3.99. The lowest BCUT2D eigenvalue weighted by Gasteiger charge is -2.14. The van der Waals surface area contributed by atoms with Crippen LogP contribution in [-0.2, 0) is 4.79 Å². The molecule has 7 nitrogen and oxygen atoms in total. The van der Waals surface area contributed by atoms with Gasteiger partial charge in [-0.3, -0.25) is 14.5 Å². The van der Waals surface area contributed by atoms with Crippen LogP contribution < -0.4 is 14.2 Å². The maximum atomic E-state index is 12.9. The number of hydrogen-bond donors (Lipinski definition) is 0. The molecule has 0 aromatic heterocycles. The number of carbonyl (C=O) groups excluding carboxylic acids is 3. The number of rotatable bonds is 8. The summed E-state index contributed by atoms with van der Waals surface area (Å²) in [5, 5.41) is 1.82. The number of fused-ring (bicyclic) bond motifs is 1. The highest BCUT2D eigenvalue weighted by Crippen LogP contribution is 2.34. The predicted octanol–water partition coefficient (Wildman–Crippen LogP) is 6.84. The van der Waals surface area contributed by atoms with Crippen molar-refractivity contribution in [2.75, 3.05) is 20.3 Å². The summed E-state index contributed by atoms with van der Waals surface area (Å²) in [5.74, 6) is 0.513. The van der Waals surface area contributed by atoms with Crippen molar-refractivity contribution in [2.24, 2.45) is 0 Å². The molecule has 4 aromatic rings. The normalized spacial score (nSPS) is 14.2. The number of hydrogen-bond acceptors (Lipinski definition) is 7. The van der Waals surface area contributed by atoms with Crippen LogP contribution in [0.5, 0.6) is 17.2 Å². The van der Waals surface area contributed by atoms with E-state index in [2.05, 4.69) is 0 Å². The number of esters is 1. The van der Waals surface area contributed by atoms with E-state index in [0.29, 0.717) is 22.6 Å². The van der Waals surface area contributed by atoms with Crippen molar-refractivity contribution >= 4 is 57.3 Å². The minimum Gasteiger partial charge on any atom is -0.497 e. The Morgan fingerprint density at radius 2 is 1.72 bits per heavy atom. The van der Waals surface area contributed by atoms with Gasteiger partial charge in [-0.25, -0.2) is 4.79 Å². The molecule has 39 heavy (non-hydrogen) atoms. The number of amides is 2. The molecule has 1 fully saturated rings. The van der Waals surface area contributed by atoms with E-state index in [9.17, 15) is 14.4 Å². The van der Waals surface area contributed by atoms with Crippen LogP contribution in [-0.4, -0.2) is 42.3 Å². The van der Waals surface area contributed by atoms with Crippen LogP contribution in [0.2, 0.25) is 5.02 Å². The molecular weight excluding hydrogens is 538 g/mol. The molecule has 0 atom stereocenters. The first-order chi connectivity index (χ1) is 18.9. The average Bonchev–Trinajstić information content (AvgIpc) is 3.21. The molecule has 196 valence electrons. The molecule has 0 bridgehead atoms. The van der Waals surface area contributed by atoms with E-state index >= 15 is 0 Å². The van der Waals surface area contributed by atoms with Crippen LogP contribution >= 0.6 is 23.4 Å². The third kappa shape index (κ3) is 5.92. The zero-order valence-corrected chi connectivity index (χ0v) is 22.3. The summed E-state index contributed by atoms with van der Waals surface area (Å²) in [6, 6.07) is 24.8. The van der Waals surface area contributed by atoms with Gasteiger partial charge in [0.2, 0.25) is 0 Å². The van der Waals surface area contributed by atoms with E-state index < -0.39 is 11.9 Å². The maximum Gasteiger partial charge on any atom is 0.343 e. The average molecular weight is 560 g/mol.